The van der Waals surface area contributed by atoms with Crippen LogP contribution in [0.2, 0.25) is 0 Å². The molecule has 1 aliphatic carbocycles. The average molecular weight is 416 g/mol. The van der Waals surface area contributed by atoms with E-state index in [1.807, 2.05) is 48.5 Å². The third kappa shape index (κ3) is 3.56. The maximum absolute atomic E-state index is 5.90. The Balaban J connectivity index is 1.19. The summed E-state index contributed by atoms with van der Waals surface area (Å²) in [5.74, 6) is 1.32. The molecule has 0 aliphatic heterocycles. The molecule has 3 aromatic carbocycles. The molecule has 0 unspecified atom stereocenters. The quantitative estimate of drug-likeness (QED) is 0.354. The van der Waals surface area contributed by atoms with Gasteiger partial charge in [-0.1, -0.05) is 54.6 Å². The van der Waals surface area contributed by atoms with Gasteiger partial charge in [0.2, 0.25) is 11.8 Å². The SMILES string of the molecule is C1=c2nc(-c3ccc(/C=C/c4ccc(-c5nc6ccccc6o5)cc4)cc3)oc2=CCC1. The zero-order valence-electron chi connectivity index (χ0n) is 17.4. The van der Waals surface area contributed by atoms with Gasteiger partial charge in [0.05, 0.1) is 0 Å². The maximum atomic E-state index is 5.90. The highest BCUT2D eigenvalue weighted by atomic mass is 16.4. The lowest BCUT2D eigenvalue weighted by Crippen LogP contribution is -2.23. The summed E-state index contributed by atoms with van der Waals surface area (Å²) in [6.07, 6.45) is 10.5. The molecule has 0 atom stereocenters. The third-order valence-electron chi connectivity index (χ3n) is 5.59. The van der Waals surface area contributed by atoms with Crippen LogP contribution in [-0.4, -0.2) is 9.97 Å². The number of nitrogens with zero attached hydrogens (tertiary/aromatic N) is 2. The molecular formula is C28H20N2O2. The fourth-order valence-electron chi connectivity index (χ4n) is 3.86. The van der Waals surface area contributed by atoms with Crippen LogP contribution in [0.3, 0.4) is 0 Å². The fraction of sp³-hybridized carbons (Fsp3) is 0.0714. The summed E-state index contributed by atoms with van der Waals surface area (Å²) in [4.78, 5) is 9.17. The van der Waals surface area contributed by atoms with Crippen LogP contribution < -0.4 is 10.8 Å². The van der Waals surface area contributed by atoms with Crippen LogP contribution in [0.5, 0.6) is 0 Å². The molecule has 0 fully saturated rings. The predicted octanol–water partition coefficient (Wildman–Crippen LogP) is 5.68. The minimum Gasteiger partial charge on any atom is -0.436 e. The van der Waals surface area contributed by atoms with Gasteiger partial charge in [0, 0.05) is 11.1 Å². The summed E-state index contributed by atoms with van der Waals surface area (Å²) in [6, 6.07) is 24.3. The first-order valence-corrected chi connectivity index (χ1v) is 10.7. The minimum atomic E-state index is 0.640. The summed E-state index contributed by atoms with van der Waals surface area (Å²) >= 11 is 0. The van der Waals surface area contributed by atoms with Crippen LogP contribution in [0.15, 0.2) is 81.6 Å². The normalized spacial score (nSPS) is 13.1. The summed E-state index contributed by atoms with van der Waals surface area (Å²) in [5, 5.41) is 0.955. The van der Waals surface area contributed by atoms with Gasteiger partial charge in [-0.3, -0.25) is 0 Å². The summed E-state index contributed by atoms with van der Waals surface area (Å²) in [5.41, 5.74) is 6.74. The van der Waals surface area contributed by atoms with E-state index in [4.69, 9.17) is 8.83 Å². The van der Waals surface area contributed by atoms with Gasteiger partial charge < -0.3 is 8.83 Å². The fourth-order valence-corrected chi connectivity index (χ4v) is 3.86. The van der Waals surface area contributed by atoms with Gasteiger partial charge in [-0.2, -0.15) is 0 Å². The van der Waals surface area contributed by atoms with Gasteiger partial charge in [0.15, 0.2) is 11.0 Å². The number of aromatic nitrogens is 2. The van der Waals surface area contributed by atoms with Crippen molar-refractivity contribution in [2.75, 3.05) is 0 Å². The van der Waals surface area contributed by atoms with E-state index < -0.39 is 0 Å². The van der Waals surface area contributed by atoms with Crippen molar-refractivity contribution >= 4 is 35.4 Å². The minimum absolute atomic E-state index is 0.640. The van der Waals surface area contributed by atoms with Gasteiger partial charge in [-0.25, -0.2) is 9.97 Å². The lowest BCUT2D eigenvalue weighted by molar-refractivity contribution is 0.537. The zero-order chi connectivity index (χ0) is 21.3. The van der Waals surface area contributed by atoms with Crippen LogP contribution in [-0.2, 0) is 0 Å². The molecule has 1 aliphatic rings. The van der Waals surface area contributed by atoms with Crippen LogP contribution in [0.25, 0.3) is 58.3 Å². The van der Waals surface area contributed by atoms with Crippen LogP contribution in [0.1, 0.15) is 24.0 Å². The van der Waals surface area contributed by atoms with E-state index in [1.165, 1.54) is 0 Å². The van der Waals surface area contributed by atoms with Gasteiger partial charge in [0.25, 0.3) is 0 Å². The van der Waals surface area contributed by atoms with Crippen molar-refractivity contribution in [3.8, 4) is 22.9 Å². The average Bonchev–Trinajstić information content (AvgIpc) is 3.48. The Labute approximate surface area is 184 Å². The van der Waals surface area contributed by atoms with E-state index in [2.05, 4.69) is 58.5 Å². The Morgan fingerprint density at radius 1 is 0.625 bits per heavy atom. The second-order valence-corrected chi connectivity index (χ2v) is 7.82. The summed E-state index contributed by atoms with van der Waals surface area (Å²) in [6.45, 7) is 0. The second kappa shape index (κ2) is 7.82. The monoisotopic (exact) mass is 416 g/mol. The number of rotatable bonds is 4. The molecule has 154 valence electrons. The molecule has 4 heteroatoms. The smallest absolute Gasteiger partial charge is 0.227 e. The summed E-state index contributed by atoms with van der Waals surface area (Å²) < 4.78 is 11.8. The topological polar surface area (TPSA) is 52.1 Å². The van der Waals surface area contributed by atoms with E-state index in [9.17, 15) is 0 Å². The van der Waals surface area contributed by atoms with E-state index in [-0.39, 0.29) is 0 Å². The first-order chi connectivity index (χ1) is 15.8. The Bertz CT molecular complexity index is 1490. The Morgan fingerprint density at radius 2 is 1.25 bits per heavy atom. The predicted molar refractivity (Wildman–Crippen MR) is 128 cm³/mol. The Kier molecular flexibility index (Phi) is 4.54. The Hall–Kier alpha value is -4.18. The number of hydrogen-bond acceptors (Lipinski definition) is 4. The highest BCUT2D eigenvalue weighted by Crippen LogP contribution is 2.25. The lowest BCUT2D eigenvalue weighted by Gasteiger charge is -1.99. The van der Waals surface area contributed by atoms with Crippen molar-refractivity contribution < 1.29 is 8.83 Å². The van der Waals surface area contributed by atoms with Crippen LogP contribution in [0, 0.1) is 0 Å². The standard InChI is InChI=1S/C28H20N2O2/c1-3-7-25-23(5-1)29-27(31-25)21-15-11-19(12-16-21)9-10-20-13-17-22(18-14-20)28-30-24-6-2-4-8-26(24)32-28/h1,3,5-18H,2,4H2/b10-9+. The zero-order valence-corrected chi connectivity index (χ0v) is 17.4. The number of oxazole rings is 2. The molecule has 6 rings (SSSR count). The number of fused-ring (bicyclic) bond motifs is 2. The van der Waals surface area contributed by atoms with Crippen molar-refractivity contribution in [2.24, 2.45) is 0 Å². The molecule has 0 amide bonds. The Morgan fingerprint density at radius 3 is 1.91 bits per heavy atom. The molecule has 0 saturated carbocycles. The largest absolute Gasteiger partial charge is 0.436 e. The van der Waals surface area contributed by atoms with Gasteiger partial charge in [-0.05, 0) is 66.4 Å². The van der Waals surface area contributed by atoms with Crippen molar-refractivity contribution in [3.05, 3.63) is 94.7 Å². The third-order valence-corrected chi connectivity index (χ3v) is 5.59. The number of para-hydroxylation sites is 2. The van der Waals surface area contributed by atoms with Gasteiger partial charge in [0.1, 0.15) is 10.9 Å². The molecule has 2 heterocycles. The van der Waals surface area contributed by atoms with Crippen molar-refractivity contribution in [1.82, 2.24) is 9.97 Å². The second-order valence-electron chi connectivity index (χ2n) is 7.82. The highest BCUT2D eigenvalue weighted by molar-refractivity contribution is 5.77. The summed E-state index contributed by atoms with van der Waals surface area (Å²) in [7, 11) is 0. The molecule has 0 saturated heterocycles. The first kappa shape index (κ1) is 18.6. The molecule has 32 heavy (non-hydrogen) atoms. The molecule has 2 aromatic heterocycles. The molecule has 0 N–H and O–H groups in total. The molecule has 0 spiro atoms. The number of benzene rings is 3. The highest BCUT2D eigenvalue weighted by Gasteiger charge is 2.08. The molecule has 0 radical (unpaired) electrons. The van der Waals surface area contributed by atoms with Gasteiger partial charge in [-0.15, -0.1) is 0 Å². The lowest BCUT2D eigenvalue weighted by atomic mass is 10.1. The van der Waals surface area contributed by atoms with E-state index in [0.717, 1.165) is 57.0 Å². The molecule has 0 bridgehead atoms. The van der Waals surface area contributed by atoms with Crippen molar-refractivity contribution in [2.45, 2.75) is 12.8 Å². The van der Waals surface area contributed by atoms with Crippen LogP contribution >= 0.6 is 0 Å². The number of hydrogen-bond donors (Lipinski definition) is 0. The first-order valence-electron chi connectivity index (χ1n) is 10.7. The molecular weight excluding hydrogens is 396 g/mol. The van der Waals surface area contributed by atoms with Crippen molar-refractivity contribution in [1.29, 1.82) is 0 Å². The van der Waals surface area contributed by atoms with E-state index in [1.54, 1.807) is 0 Å². The maximum Gasteiger partial charge on any atom is 0.227 e. The van der Waals surface area contributed by atoms with E-state index >= 15 is 0 Å². The molecule has 4 nitrogen and oxygen atoms in total. The van der Waals surface area contributed by atoms with Crippen LogP contribution in [0.4, 0.5) is 0 Å². The van der Waals surface area contributed by atoms with Gasteiger partial charge >= 0.3 is 0 Å². The van der Waals surface area contributed by atoms with Crippen molar-refractivity contribution in [3.63, 3.8) is 0 Å². The van der Waals surface area contributed by atoms with E-state index in [0.29, 0.717) is 11.8 Å². The molecule has 5 aromatic rings.